The van der Waals surface area contributed by atoms with Crippen molar-refractivity contribution in [2.75, 3.05) is 39.9 Å². The third-order valence-electron chi connectivity index (χ3n) is 2.59. The first-order valence-electron chi connectivity index (χ1n) is 5.12. The molecule has 0 N–H and O–H groups in total. The molecule has 4 heteroatoms. The van der Waals surface area contributed by atoms with Crippen LogP contribution in [0.15, 0.2) is 0 Å². The maximum absolute atomic E-state index is 11.6. The number of piperazine rings is 1. The summed E-state index contributed by atoms with van der Waals surface area (Å²) in [6.45, 7) is 8.10. The van der Waals surface area contributed by atoms with Crippen LogP contribution in [0.3, 0.4) is 0 Å². The van der Waals surface area contributed by atoms with Gasteiger partial charge < -0.3 is 4.90 Å². The fraction of sp³-hybridized carbons (Fsp3) is 0.800. The first kappa shape index (κ1) is 11.8. The summed E-state index contributed by atoms with van der Waals surface area (Å²) in [6, 6.07) is 0. The largest absolute Gasteiger partial charge is 0.304 e. The number of carbonyl (C=O) groups is 1. The summed E-state index contributed by atoms with van der Waals surface area (Å²) in [4.78, 5) is 16.2. The minimum atomic E-state index is 0.304. The highest BCUT2D eigenvalue weighted by molar-refractivity contribution is 7.42. The average molecular weight is 214 g/mol. The molecule has 1 saturated heterocycles. The van der Waals surface area contributed by atoms with Crippen LogP contribution in [-0.2, 0) is 4.79 Å². The molecule has 1 aliphatic rings. The van der Waals surface area contributed by atoms with Gasteiger partial charge in [0.2, 0.25) is 0 Å². The van der Waals surface area contributed by atoms with Crippen molar-refractivity contribution in [3.63, 3.8) is 0 Å². The van der Waals surface area contributed by atoms with E-state index in [0.717, 1.165) is 39.8 Å². The van der Waals surface area contributed by atoms with Crippen molar-refractivity contribution in [2.24, 2.45) is 0 Å². The Morgan fingerprint density at radius 2 is 1.86 bits per heavy atom. The molecule has 14 heavy (non-hydrogen) atoms. The highest BCUT2D eigenvalue weighted by Crippen LogP contribution is 2.08. The standard InChI is InChI=1S/C10H19N2OP/c1-4-9(13)10(14-3)12-7-5-11(2)6-8-12/h4-8H2,1-3H3. The van der Waals surface area contributed by atoms with Crippen LogP contribution in [0.4, 0.5) is 0 Å². The van der Waals surface area contributed by atoms with Crippen molar-refractivity contribution in [2.45, 2.75) is 13.3 Å². The lowest BCUT2D eigenvalue weighted by Gasteiger charge is -2.32. The Bertz CT molecular complexity index is 232. The van der Waals surface area contributed by atoms with Gasteiger partial charge in [0, 0.05) is 32.6 Å². The topological polar surface area (TPSA) is 23.6 Å². The van der Waals surface area contributed by atoms with Crippen molar-refractivity contribution >= 4 is 19.4 Å². The number of hydrogen-bond acceptors (Lipinski definition) is 2. The molecular formula is C10H19N2OP. The van der Waals surface area contributed by atoms with Crippen molar-refractivity contribution in [1.82, 2.24) is 9.80 Å². The van der Waals surface area contributed by atoms with Gasteiger partial charge in [0.05, 0.1) is 5.42 Å². The van der Waals surface area contributed by atoms with Gasteiger partial charge in [-0.15, -0.1) is 0 Å². The monoisotopic (exact) mass is 214 g/mol. The zero-order chi connectivity index (χ0) is 10.6. The fourth-order valence-corrected chi connectivity index (χ4v) is 2.51. The lowest BCUT2D eigenvalue weighted by Crippen LogP contribution is -2.48. The Balaban J connectivity index is 2.59. The lowest BCUT2D eigenvalue weighted by molar-refractivity contribution is -0.113. The molecule has 0 amide bonds. The van der Waals surface area contributed by atoms with E-state index in [2.05, 4.69) is 16.8 Å². The summed E-state index contributed by atoms with van der Waals surface area (Å²) in [5, 5.41) is 0. The van der Waals surface area contributed by atoms with Crippen molar-refractivity contribution in [1.29, 1.82) is 0 Å². The SMILES string of the molecule is CCC(=O)C(=PC)N1CCN(C)CC1. The molecular weight excluding hydrogens is 195 g/mol. The van der Waals surface area contributed by atoms with Crippen LogP contribution in [0.2, 0.25) is 0 Å². The second kappa shape index (κ2) is 5.59. The Hall–Kier alpha value is -0.240. The first-order chi connectivity index (χ1) is 6.69. The van der Waals surface area contributed by atoms with Crippen LogP contribution in [0.25, 0.3) is 0 Å². The van der Waals surface area contributed by atoms with E-state index in [1.165, 1.54) is 0 Å². The van der Waals surface area contributed by atoms with Gasteiger partial charge in [0.1, 0.15) is 0 Å². The number of carbonyl (C=O) groups excluding carboxylic acids is 1. The summed E-state index contributed by atoms with van der Waals surface area (Å²) < 4.78 is 0. The highest BCUT2D eigenvalue weighted by Gasteiger charge is 2.20. The maximum Gasteiger partial charge on any atom is 0.177 e. The number of rotatable bonds is 3. The predicted octanol–water partition coefficient (Wildman–Crippen LogP) is 0.919. The van der Waals surface area contributed by atoms with E-state index in [1.54, 1.807) is 0 Å². The molecule has 1 fully saturated rings. The van der Waals surface area contributed by atoms with Crippen LogP contribution in [0, 0.1) is 0 Å². The van der Waals surface area contributed by atoms with Gasteiger partial charge in [0.15, 0.2) is 5.78 Å². The van der Waals surface area contributed by atoms with E-state index < -0.39 is 0 Å². The first-order valence-corrected chi connectivity index (χ1v) is 6.46. The van der Waals surface area contributed by atoms with Crippen LogP contribution < -0.4 is 0 Å². The fourth-order valence-electron chi connectivity index (χ4n) is 1.62. The number of likely N-dealkylation sites (N-methyl/N-ethyl adjacent to an activating group) is 1. The van der Waals surface area contributed by atoms with Crippen LogP contribution >= 0.6 is 8.20 Å². The Kier molecular flexibility index (Phi) is 4.73. The van der Waals surface area contributed by atoms with Gasteiger partial charge >= 0.3 is 0 Å². The second-order valence-corrected chi connectivity index (χ2v) is 4.49. The molecule has 0 spiro atoms. The number of nitrogens with zero attached hydrogens (tertiary/aromatic N) is 2. The molecule has 0 aromatic rings. The molecule has 0 radical (unpaired) electrons. The van der Waals surface area contributed by atoms with E-state index in [9.17, 15) is 4.79 Å². The van der Waals surface area contributed by atoms with Crippen LogP contribution in [-0.4, -0.2) is 60.9 Å². The van der Waals surface area contributed by atoms with Crippen LogP contribution in [0.1, 0.15) is 13.3 Å². The minimum Gasteiger partial charge on any atom is -0.304 e. The molecule has 0 aliphatic carbocycles. The molecule has 0 bridgehead atoms. The maximum atomic E-state index is 11.6. The molecule has 1 rings (SSSR count). The molecule has 0 aromatic carbocycles. The smallest absolute Gasteiger partial charge is 0.177 e. The molecule has 0 unspecified atom stereocenters. The Morgan fingerprint density at radius 3 is 2.29 bits per heavy atom. The summed E-state index contributed by atoms with van der Waals surface area (Å²) >= 11 is 0. The second-order valence-electron chi connectivity index (χ2n) is 3.61. The van der Waals surface area contributed by atoms with Gasteiger partial charge in [0.25, 0.3) is 0 Å². The van der Waals surface area contributed by atoms with Gasteiger partial charge in [-0.3, -0.25) is 9.69 Å². The Morgan fingerprint density at radius 1 is 1.29 bits per heavy atom. The summed E-state index contributed by atoms with van der Waals surface area (Å²) in [7, 11) is 3.24. The number of hydrogen-bond donors (Lipinski definition) is 0. The number of Topliss-reactive ketones (excluding diaryl/α,β-unsaturated/α-hetero) is 1. The summed E-state index contributed by atoms with van der Waals surface area (Å²) in [5.41, 5.74) is 1.00. The molecule has 0 atom stereocenters. The van der Waals surface area contributed by atoms with Crippen molar-refractivity contribution < 1.29 is 4.79 Å². The summed E-state index contributed by atoms with van der Waals surface area (Å²) in [6.07, 6.45) is 0.627. The van der Waals surface area contributed by atoms with Crippen molar-refractivity contribution in [3.8, 4) is 0 Å². The molecule has 0 aromatic heterocycles. The normalized spacial score (nSPS) is 21.2. The van der Waals surface area contributed by atoms with E-state index in [1.807, 2.05) is 13.6 Å². The molecule has 3 nitrogen and oxygen atoms in total. The van der Waals surface area contributed by atoms with Gasteiger partial charge in [-0.25, -0.2) is 0 Å². The molecule has 0 saturated carbocycles. The van der Waals surface area contributed by atoms with E-state index in [4.69, 9.17) is 0 Å². The van der Waals surface area contributed by atoms with E-state index >= 15 is 0 Å². The third kappa shape index (κ3) is 2.88. The highest BCUT2D eigenvalue weighted by atomic mass is 31.1. The minimum absolute atomic E-state index is 0.304. The third-order valence-corrected chi connectivity index (χ3v) is 3.54. The van der Waals surface area contributed by atoms with E-state index in [0.29, 0.717) is 12.2 Å². The van der Waals surface area contributed by atoms with E-state index in [-0.39, 0.29) is 0 Å². The zero-order valence-corrected chi connectivity index (χ0v) is 10.2. The number of ketones is 1. The molecule has 80 valence electrons. The van der Waals surface area contributed by atoms with Gasteiger partial charge in [-0.1, -0.05) is 15.1 Å². The zero-order valence-electron chi connectivity index (χ0n) is 9.29. The molecule has 1 heterocycles. The quantitative estimate of drug-likeness (QED) is 0.653. The lowest BCUT2D eigenvalue weighted by atomic mass is 10.2. The van der Waals surface area contributed by atoms with Crippen molar-refractivity contribution in [3.05, 3.63) is 0 Å². The average Bonchev–Trinajstić information content (AvgIpc) is 2.21. The Labute approximate surface area is 87.9 Å². The molecule has 1 aliphatic heterocycles. The van der Waals surface area contributed by atoms with Gasteiger partial charge in [-0.05, 0) is 13.7 Å². The summed E-state index contributed by atoms with van der Waals surface area (Å²) in [5.74, 6) is 0.304. The predicted molar refractivity (Wildman–Crippen MR) is 62.2 cm³/mol. The van der Waals surface area contributed by atoms with Gasteiger partial charge in [-0.2, -0.15) is 0 Å². The van der Waals surface area contributed by atoms with Crippen LogP contribution in [0.5, 0.6) is 0 Å².